The van der Waals surface area contributed by atoms with E-state index in [1.54, 1.807) is 36.9 Å². The molecule has 4 nitrogen and oxygen atoms in total. The number of furan rings is 1. The average Bonchev–Trinajstić information content (AvgIpc) is 3.08. The van der Waals surface area contributed by atoms with Crippen LogP contribution >= 0.6 is 0 Å². The van der Waals surface area contributed by atoms with E-state index >= 15 is 0 Å². The summed E-state index contributed by atoms with van der Waals surface area (Å²) in [6.07, 6.45) is 4.91. The third-order valence-corrected chi connectivity index (χ3v) is 3.17. The van der Waals surface area contributed by atoms with Crippen LogP contribution in [0.3, 0.4) is 0 Å². The number of rotatable bonds is 4. The number of halogens is 1. The topological polar surface area (TPSA) is 55.1 Å². The van der Waals surface area contributed by atoms with E-state index in [0.29, 0.717) is 5.76 Å². The smallest absolute Gasteiger partial charge is 0.254 e. The van der Waals surface area contributed by atoms with Gasteiger partial charge in [0.2, 0.25) is 0 Å². The molecule has 3 rings (SSSR count). The van der Waals surface area contributed by atoms with E-state index < -0.39 is 11.7 Å². The van der Waals surface area contributed by atoms with Crippen LogP contribution < -0.4 is 5.32 Å². The second-order valence-corrected chi connectivity index (χ2v) is 4.72. The Morgan fingerprint density at radius 1 is 1.18 bits per heavy atom. The number of amides is 1. The number of carbonyl (C=O) groups is 1. The quantitative estimate of drug-likeness (QED) is 0.802. The van der Waals surface area contributed by atoms with Gasteiger partial charge >= 0.3 is 0 Å². The van der Waals surface area contributed by atoms with Crippen LogP contribution in [0.2, 0.25) is 0 Å². The Bertz CT molecular complexity index is 785. The maximum Gasteiger partial charge on any atom is 0.254 e. The van der Waals surface area contributed by atoms with Gasteiger partial charge in [0.15, 0.2) is 0 Å². The number of hydrogen-bond acceptors (Lipinski definition) is 3. The molecule has 0 saturated heterocycles. The van der Waals surface area contributed by atoms with Crippen LogP contribution in [0.5, 0.6) is 0 Å². The molecule has 0 aliphatic heterocycles. The Balaban J connectivity index is 1.71. The Labute approximate surface area is 126 Å². The molecule has 3 aromatic rings. The minimum atomic E-state index is -0.539. The van der Waals surface area contributed by atoms with E-state index in [4.69, 9.17) is 4.42 Å². The molecule has 5 heteroatoms. The highest BCUT2D eigenvalue weighted by atomic mass is 19.1. The summed E-state index contributed by atoms with van der Waals surface area (Å²) >= 11 is 0. The molecule has 110 valence electrons. The van der Waals surface area contributed by atoms with Gasteiger partial charge in [0.1, 0.15) is 11.6 Å². The first-order valence-electron chi connectivity index (χ1n) is 6.74. The fraction of sp³-hybridized carbons (Fsp3) is 0.0588. The molecule has 0 spiro atoms. The number of aromatic nitrogens is 1. The van der Waals surface area contributed by atoms with Crippen LogP contribution in [-0.2, 0) is 6.54 Å². The zero-order valence-electron chi connectivity index (χ0n) is 11.6. The van der Waals surface area contributed by atoms with E-state index in [9.17, 15) is 9.18 Å². The highest BCUT2D eigenvalue weighted by Crippen LogP contribution is 2.19. The lowest BCUT2D eigenvalue weighted by Crippen LogP contribution is -2.23. The van der Waals surface area contributed by atoms with Crippen molar-refractivity contribution >= 4 is 5.91 Å². The van der Waals surface area contributed by atoms with Gasteiger partial charge in [-0.3, -0.25) is 9.78 Å². The Hall–Kier alpha value is -2.95. The number of hydrogen-bond donors (Lipinski definition) is 1. The summed E-state index contributed by atoms with van der Waals surface area (Å²) in [4.78, 5) is 16.1. The third kappa shape index (κ3) is 3.03. The average molecular weight is 296 g/mol. The molecule has 0 aliphatic carbocycles. The van der Waals surface area contributed by atoms with Crippen molar-refractivity contribution in [1.82, 2.24) is 10.3 Å². The number of carbonyl (C=O) groups excluding carboxylic acids is 1. The van der Waals surface area contributed by atoms with Crippen molar-refractivity contribution in [3.63, 3.8) is 0 Å². The Morgan fingerprint density at radius 3 is 2.82 bits per heavy atom. The van der Waals surface area contributed by atoms with Crippen molar-refractivity contribution in [2.24, 2.45) is 0 Å². The van der Waals surface area contributed by atoms with Crippen molar-refractivity contribution < 1.29 is 13.6 Å². The molecular weight excluding hydrogens is 283 g/mol. The van der Waals surface area contributed by atoms with Gasteiger partial charge in [0, 0.05) is 24.5 Å². The van der Waals surface area contributed by atoms with Gasteiger partial charge in [-0.2, -0.15) is 0 Å². The first-order valence-corrected chi connectivity index (χ1v) is 6.74. The van der Waals surface area contributed by atoms with Gasteiger partial charge in [-0.15, -0.1) is 0 Å². The van der Waals surface area contributed by atoms with Gasteiger partial charge in [0.25, 0.3) is 5.91 Å². The zero-order valence-corrected chi connectivity index (χ0v) is 11.6. The van der Waals surface area contributed by atoms with Crippen LogP contribution in [0.15, 0.2) is 65.5 Å². The third-order valence-electron chi connectivity index (χ3n) is 3.17. The highest BCUT2D eigenvalue weighted by molar-refractivity contribution is 5.94. The number of pyridine rings is 1. The molecule has 0 fully saturated rings. The van der Waals surface area contributed by atoms with Crippen molar-refractivity contribution in [3.05, 3.63) is 78.1 Å². The molecule has 1 aromatic carbocycles. The molecule has 2 aromatic heterocycles. The molecule has 1 N–H and O–H groups in total. The lowest BCUT2D eigenvalue weighted by atomic mass is 10.1. The van der Waals surface area contributed by atoms with Crippen LogP contribution in [0.4, 0.5) is 4.39 Å². The molecule has 0 aliphatic rings. The van der Waals surface area contributed by atoms with Crippen molar-refractivity contribution in [1.29, 1.82) is 0 Å². The summed E-state index contributed by atoms with van der Waals surface area (Å²) in [5, 5.41) is 2.68. The molecular formula is C17H13FN2O2. The minimum absolute atomic E-state index is 0.0256. The SMILES string of the molecule is O=C(NCc1cncc(-c2ccco2)c1)c1ccccc1F. The molecule has 0 saturated carbocycles. The van der Waals surface area contributed by atoms with Crippen LogP contribution in [0, 0.1) is 5.82 Å². The summed E-state index contributed by atoms with van der Waals surface area (Å²) in [5.41, 5.74) is 1.65. The predicted octanol–water partition coefficient (Wildman–Crippen LogP) is 3.41. The molecule has 1 amide bonds. The van der Waals surface area contributed by atoms with Crippen molar-refractivity contribution in [2.45, 2.75) is 6.54 Å². The van der Waals surface area contributed by atoms with Crippen LogP contribution in [0.25, 0.3) is 11.3 Å². The van der Waals surface area contributed by atoms with Gasteiger partial charge in [-0.1, -0.05) is 12.1 Å². The lowest BCUT2D eigenvalue weighted by molar-refractivity contribution is 0.0947. The summed E-state index contributed by atoms with van der Waals surface area (Å²) in [5.74, 6) is -0.293. The normalized spacial score (nSPS) is 10.4. The maximum absolute atomic E-state index is 13.5. The summed E-state index contributed by atoms with van der Waals surface area (Å²) < 4.78 is 18.8. The molecule has 0 radical (unpaired) electrons. The van der Waals surface area contributed by atoms with Gasteiger partial charge < -0.3 is 9.73 Å². The first kappa shape index (κ1) is 14.0. The standard InChI is InChI=1S/C17H13FN2O2/c18-15-5-2-1-4-14(15)17(21)20-10-12-8-13(11-19-9-12)16-6-3-7-22-16/h1-9,11H,10H2,(H,20,21). The molecule has 22 heavy (non-hydrogen) atoms. The van der Waals surface area contributed by atoms with Crippen molar-refractivity contribution in [3.8, 4) is 11.3 Å². The van der Waals surface area contributed by atoms with E-state index in [1.165, 1.54) is 12.1 Å². The fourth-order valence-corrected chi connectivity index (χ4v) is 2.08. The predicted molar refractivity (Wildman–Crippen MR) is 79.5 cm³/mol. The molecule has 2 heterocycles. The van der Waals surface area contributed by atoms with E-state index in [2.05, 4.69) is 10.3 Å². The Kier molecular flexibility index (Phi) is 3.96. The van der Waals surface area contributed by atoms with Gasteiger partial charge in [-0.25, -0.2) is 4.39 Å². The van der Waals surface area contributed by atoms with Gasteiger partial charge in [-0.05, 0) is 35.9 Å². The maximum atomic E-state index is 13.5. The van der Waals surface area contributed by atoms with Gasteiger partial charge in [0.05, 0.1) is 11.8 Å². The monoisotopic (exact) mass is 296 g/mol. The summed E-state index contributed by atoms with van der Waals surface area (Å²) in [6, 6.07) is 11.4. The van der Waals surface area contributed by atoms with E-state index in [1.807, 2.05) is 12.1 Å². The van der Waals surface area contributed by atoms with Crippen LogP contribution in [-0.4, -0.2) is 10.9 Å². The number of benzene rings is 1. The summed E-state index contributed by atoms with van der Waals surface area (Å²) in [6.45, 7) is 0.259. The van der Waals surface area contributed by atoms with Crippen LogP contribution in [0.1, 0.15) is 15.9 Å². The molecule has 0 bridgehead atoms. The van der Waals surface area contributed by atoms with E-state index in [0.717, 1.165) is 11.1 Å². The summed E-state index contributed by atoms with van der Waals surface area (Å²) in [7, 11) is 0. The largest absolute Gasteiger partial charge is 0.464 e. The van der Waals surface area contributed by atoms with Crippen molar-refractivity contribution in [2.75, 3.05) is 0 Å². The highest BCUT2D eigenvalue weighted by Gasteiger charge is 2.10. The zero-order chi connectivity index (χ0) is 15.4. The molecule has 0 unspecified atom stereocenters. The van der Waals surface area contributed by atoms with E-state index in [-0.39, 0.29) is 12.1 Å². The second-order valence-electron chi connectivity index (χ2n) is 4.72. The first-order chi connectivity index (χ1) is 10.7. The number of nitrogens with one attached hydrogen (secondary N) is 1. The minimum Gasteiger partial charge on any atom is -0.464 e. The fourth-order valence-electron chi connectivity index (χ4n) is 2.08. The molecule has 0 atom stereocenters. The second kappa shape index (κ2) is 6.22. The number of nitrogens with zero attached hydrogens (tertiary/aromatic N) is 1. The Morgan fingerprint density at radius 2 is 2.05 bits per heavy atom. The lowest BCUT2D eigenvalue weighted by Gasteiger charge is -2.07.